The third-order valence-electron chi connectivity index (χ3n) is 2.54. The smallest absolute Gasteiger partial charge is 0.254 e. The summed E-state index contributed by atoms with van der Waals surface area (Å²) in [6.45, 7) is 0. The first-order valence-electron chi connectivity index (χ1n) is 5.08. The van der Waals surface area contributed by atoms with Crippen LogP contribution in [0.2, 0.25) is 0 Å². The summed E-state index contributed by atoms with van der Waals surface area (Å²) in [4.78, 5) is 19.7. The topological polar surface area (TPSA) is 65.1 Å². The van der Waals surface area contributed by atoms with Gasteiger partial charge >= 0.3 is 0 Å². The predicted octanol–water partition coefficient (Wildman–Crippen LogP) is 0.490. The van der Waals surface area contributed by atoms with E-state index in [0.29, 0.717) is 11.6 Å². The zero-order valence-electron chi connectivity index (χ0n) is 9.11. The fourth-order valence-electron chi connectivity index (χ4n) is 1.61. The monoisotopic (exact) mass is 227 g/mol. The van der Waals surface area contributed by atoms with Gasteiger partial charge in [0.1, 0.15) is 0 Å². The van der Waals surface area contributed by atoms with Gasteiger partial charge in [-0.05, 0) is 12.1 Å². The fourth-order valence-corrected chi connectivity index (χ4v) is 1.61. The van der Waals surface area contributed by atoms with Crippen LogP contribution in [0.15, 0.2) is 41.6 Å². The highest BCUT2D eigenvalue weighted by Gasteiger charge is 2.08. The van der Waals surface area contributed by atoms with E-state index in [1.165, 1.54) is 10.6 Å². The van der Waals surface area contributed by atoms with E-state index >= 15 is 0 Å². The zero-order chi connectivity index (χ0) is 11.8. The predicted molar refractivity (Wildman–Crippen MR) is 61.5 cm³/mol. The number of aryl methyl sites for hydroxylation is 1. The molecule has 84 valence electrons. The Morgan fingerprint density at radius 1 is 1.18 bits per heavy atom. The van der Waals surface area contributed by atoms with Gasteiger partial charge in [0, 0.05) is 37.3 Å². The van der Waals surface area contributed by atoms with Crippen molar-refractivity contribution in [2.45, 2.75) is 0 Å². The van der Waals surface area contributed by atoms with Gasteiger partial charge in [-0.15, -0.1) is 5.10 Å². The molecule has 0 amide bonds. The van der Waals surface area contributed by atoms with Crippen molar-refractivity contribution >= 4 is 5.78 Å². The Labute approximate surface area is 96.2 Å². The van der Waals surface area contributed by atoms with Crippen LogP contribution < -0.4 is 5.56 Å². The lowest BCUT2D eigenvalue weighted by molar-refractivity contribution is 0.813. The van der Waals surface area contributed by atoms with Gasteiger partial charge in [-0.3, -0.25) is 14.3 Å². The molecule has 3 rings (SSSR count). The van der Waals surface area contributed by atoms with Gasteiger partial charge in [0.2, 0.25) is 5.78 Å². The number of fused-ring (bicyclic) bond motifs is 1. The average molecular weight is 227 g/mol. The van der Waals surface area contributed by atoms with Crippen LogP contribution in [0.25, 0.3) is 17.2 Å². The van der Waals surface area contributed by atoms with Crippen molar-refractivity contribution < 1.29 is 0 Å². The van der Waals surface area contributed by atoms with Crippen LogP contribution in [-0.4, -0.2) is 24.1 Å². The van der Waals surface area contributed by atoms with Crippen molar-refractivity contribution in [1.82, 2.24) is 24.1 Å². The largest absolute Gasteiger partial charge is 0.280 e. The molecular formula is C11H9N5O. The Morgan fingerprint density at radius 2 is 1.94 bits per heavy atom. The van der Waals surface area contributed by atoms with Crippen LogP contribution in [0.4, 0.5) is 0 Å². The normalized spacial score (nSPS) is 10.9. The molecule has 0 aliphatic heterocycles. The number of nitrogens with zero attached hydrogens (tertiary/aromatic N) is 5. The minimum absolute atomic E-state index is 0.105. The Hall–Kier alpha value is -2.50. The van der Waals surface area contributed by atoms with Crippen LogP contribution >= 0.6 is 0 Å². The summed E-state index contributed by atoms with van der Waals surface area (Å²) < 4.78 is 3.04. The summed E-state index contributed by atoms with van der Waals surface area (Å²) >= 11 is 0. The molecule has 0 aliphatic rings. The Morgan fingerprint density at radius 3 is 2.71 bits per heavy atom. The van der Waals surface area contributed by atoms with E-state index < -0.39 is 0 Å². The van der Waals surface area contributed by atoms with Gasteiger partial charge in [-0.25, -0.2) is 4.52 Å². The standard InChI is InChI=1S/C11H9N5O/c1-15-9(17)4-7-16-11(15)13-10(14-16)8-2-5-12-6-3-8/h2-7H,1H3. The molecule has 3 aromatic rings. The number of rotatable bonds is 1. The van der Waals surface area contributed by atoms with Crippen molar-refractivity contribution in [3.8, 4) is 11.4 Å². The molecule has 0 radical (unpaired) electrons. The van der Waals surface area contributed by atoms with Crippen LogP contribution in [0.1, 0.15) is 0 Å². The summed E-state index contributed by atoms with van der Waals surface area (Å²) in [5, 5.41) is 4.30. The molecule has 0 atom stereocenters. The van der Waals surface area contributed by atoms with Crippen molar-refractivity contribution in [3.63, 3.8) is 0 Å². The number of hydrogen-bond donors (Lipinski definition) is 0. The maximum Gasteiger partial charge on any atom is 0.254 e. The highest BCUT2D eigenvalue weighted by Crippen LogP contribution is 2.13. The summed E-state index contributed by atoms with van der Waals surface area (Å²) in [5.74, 6) is 1.10. The molecule has 0 aliphatic carbocycles. The van der Waals surface area contributed by atoms with Crippen molar-refractivity contribution in [2.24, 2.45) is 7.05 Å². The molecule has 0 N–H and O–H groups in total. The van der Waals surface area contributed by atoms with Gasteiger partial charge in [0.15, 0.2) is 5.82 Å². The third kappa shape index (κ3) is 1.50. The molecule has 6 nitrogen and oxygen atoms in total. The summed E-state index contributed by atoms with van der Waals surface area (Å²) in [6, 6.07) is 5.11. The third-order valence-corrected chi connectivity index (χ3v) is 2.54. The van der Waals surface area contributed by atoms with E-state index in [1.54, 1.807) is 30.2 Å². The average Bonchev–Trinajstić information content (AvgIpc) is 2.80. The number of pyridine rings is 1. The van der Waals surface area contributed by atoms with Gasteiger partial charge in [0.05, 0.1) is 0 Å². The first-order valence-corrected chi connectivity index (χ1v) is 5.08. The van der Waals surface area contributed by atoms with Gasteiger partial charge in [0.25, 0.3) is 5.56 Å². The lowest BCUT2D eigenvalue weighted by Crippen LogP contribution is -2.17. The molecule has 0 bridgehead atoms. The minimum Gasteiger partial charge on any atom is -0.280 e. The minimum atomic E-state index is -0.105. The maximum atomic E-state index is 11.5. The van der Waals surface area contributed by atoms with E-state index in [4.69, 9.17) is 0 Å². The van der Waals surface area contributed by atoms with Crippen LogP contribution in [-0.2, 0) is 7.05 Å². The molecule has 3 heterocycles. The number of hydrogen-bond acceptors (Lipinski definition) is 4. The zero-order valence-corrected chi connectivity index (χ0v) is 9.11. The molecule has 0 aromatic carbocycles. The second kappa shape index (κ2) is 3.51. The Bertz CT molecular complexity index is 728. The second-order valence-corrected chi connectivity index (χ2v) is 3.63. The first-order chi connectivity index (χ1) is 8.25. The summed E-state index contributed by atoms with van der Waals surface area (Å²) in [5.41, 5.74) is 0.766. The molecule has 0 fully saturated rings. The quantitative estimate of drug-likeness (QED) is 0.607. The summed E-state index contributed by atoms with van der Waals surface area (Å²) in [6.07, 6.45) is 4.97. The highest BCUT2D eigenvalue weighted by molar-refractivity contribution is 5.55. The van der Waals surface area contributed by atoms with E-state index in [1.807, 2.05) is 12.1 Å². The fraction of sp³-hybridized carbons (Fsp3) is 0.0909. The molecular weight excluding hydrogens is 218 g/mol. The SMILES string of the molecule is Cn1c(=O)ccn2nc(-c3ccncc3)nc12. The van der Waals surface area contributed by atoms with Crippen molar-refractivity contribution in [1.29, 1.82) is 0 Å². The van der Waals surface area contributed by atoms with Gasteiger partial charge < -0.3 is 0 Å². The molecule has 0 saturated heterocycles. The molecule has 0 spiro atoms. The van der Waals surface area contributed by atoms with Crippen molar-refractivity contribution in [2.75, 3.05) is 0 Å². The van der Waals surface area contributed by atoms with Gasteiger partial charge in [-0.2, -0.15) is 4.98 Å². The molecule has 6 heteroatoms. The van der Waals surface area contributed by atoms with Crippen LogP contribution in [0.3, 0.4) is 0 Å². The summed E-state index contributed by atoms with van der Waals surface area (Å²) in [7, 11) is 1.67. The Balaban J connectivity index is 2.28. The van der Waals surface area contributed by atoms with E-state index in [0.717, 1.165) is 5.56 Å². The second-order valence-electron chi connectivity index (χ2n) is 3.63. The molecule has 0 unspecified atom stereocenters. The van der Waals surface area contributed by atoms with E-state index in [-0.39, 0.29) is 5.56 Å². The maximum absolute atomic E-state index is 11.5. The van der Waals surface area contributed by atoms with E-state index in [9.17, 15) is 4.79 Å². The molecule has 3 aromatic heterocycles. The molecule has 17 heavy (non-hydrogen) atoms. The Kier molecular flexibility index (Phi) is 2.01. The highest BCUT2D eigenvalue weighted by atomic mass is 16.1. The van der Waals surface area contributed by atoms with Crippen LogP contribution in [0, 0.1) is 0 Å². The number of aromatic nitrogens is 5. The van der Waals surface area contributed by atoms with Gasteiger partial charge in [-0.1, -0.05) is 0 Å². The lowest BCUT2D eigenvalue weighted by atomic mass is 10.3. The van der Waals surface area contributed by atoms with E-state index in [2.05, 4.69) is 15.1 Å². The van der Waals surface area contributed by atoms with Crippen LogP contribution in [0.5, 0.6) is 0 Å². The first kappa shape index (κ1) is 9.71. The molecule has 0 saturated carbocycles. The lowest BCUT2D eigenvalue weighted by Gasteiger charge is -1.95. The van der Waals surface area contributed by atoms with Crippen molar-refractivity contribution in [3.05, 3.63) is 47.1 Å².